The van der Waals surface area contributed by atoms with Crippen LogP contribution in [0.3, 0.4) is 0 Å². The molecule has 2 nitrogen and oxygen atoms in total. The van der Waals surface area contributed by atoms with E-state index >= 15 is 0 Å². The van der Waals surface area contributed by atoms with Gasteiger partial charge in [0.1, 0.15) is 0 Å². The maximum atomic E-state index is 2.54. The zero-order valence-corrected chi connectivity index (χ0v) is 30.2. The van der Waals surface area contributed by atoms with Gasteiger partial charge in [0.2, 0.25) is 0 Å². The summed E-state index contributed by atoms with van der Waals surface area (Å²) < 4.78 is 4.97. The van der Waals surface area contributed by atoms with Crippen LogP contribution in [0.2, 0.25) is 0 Å². The second-order valence-electron chi connectivity index (χ2n) is 15.6. The van der Waals surface area contributed by atoms with Crippen molar-refractivity contribution in [3.63, 3.8) is 0 Å². The van der Waals surface area contributed by atoms with Gasteiger partial charge in [-0.15, -0.1) is 0 Å². The van der Waals surface area contributed by atoms with Crippen LogP contribution in [0.15, 0.2) is 146 Å². The lowest BCUT2D eigenvalue weighted by molar-refractivity contribution is 0.660. The molecule has 0 N–H and O–H groups in total. The van der Waals surface area contributed by atoms with Crippen LogP contribution >= 0.6 is 0 Å². The maximum absolute atomic E-state index is 2.54. The Labute approximate surface area is 310 Å². The van der Waals surface area contributed by atoms with Gasteiger partial charge in [0.05, 0.1) is 11.0 Å². The molecule has 0 aliphatic heterocycles. The lowest BCUT2D eigenvalue weighted by Gasteiger charge is -2.21. The van der Waals surface area contributed by atoms with Crippen LogP contribution in [-0.2, 0) is 11.8 Å². The Kier molecular flexibility index (Phi) is 6.58. The average molecular weight is 681 g/mol. The molecule has 3 aliphatic carbocycles. The lowest BCUT2D eigenvalue weighted by atomic mass is 9.82. The Hall–Kier alpha value is -6.12. The van der Waals surface area contributed by atoms with E-state index in [1.807, 2.05) is 0 Å². The van der Waals surface area contributed by atoms with Crippen molar-refractivity contribution >= 4 is 40.0 Å². The van der Waals surface area contributed by atoms with E-state index in [-0.39, 0.29) is 5.41 Å². The van der Waals surface area contributed by atoms with Crippen LogP contribution in [-0.4, -0.2) is 9.13 Å². The summed E-state index contributed by atoms with van der Waals surface area (Å²) in [7, 11) is 0. The smallest absolute Gasteiger partial charge is 0.0540 e. The lowest BCUT2D eigenvalue weighted by Crippen LogP contribution is -2.31. The van der Waals surface area contributed by atoms with Crippen molar-refractivity contribution < 1.29 is 0 Å². The summed E-state index contributed by atoms with van der Waals surface area (Å²) in [4.78, 5) is 0. The molecule has 6 aromatic carbocycles. The van der Waals surface area contributed by atoms with Gasteiger partial charge in [0, 0.05) is 49.7 Å². The third-order valence-corrected chi connectivity index (χ3v) is 12.3. The Morgan fingerprint density at radius 1 is 0.604 bits per heavy atom. The summed E-state index contributed by atoms with van der Waals surface area (Å²) in [6, 6.07) is 52.0. The van der Waals surface area contributed by atoms with E-state index in [2.05, 4.69) is 187 Å². The highest BCUT2D eigenvalue weighted by molar-refractivity contribution is 5.93. The van der Waals surface area contributed by atoms with Crippen LogP contribution in [0.5, 0.6) is 0 Å². The first-order valence-electron chi connectivity index (χ1n) is 19.1. The van der Waals surface area contributed by atoms with Crippen molar-refractivity contribution in [1.82, 2.24) is 9.13 Å². The minimum Gasteiger partial charge on any atom is -0.310 e. The van der Waals surface area contributed by atoms with Gasteiger partial charge in [-0.25, -0.2) is 0 Å². The molecule has 254 valence electrons. The fraction of sp³-hybridized carbons (Fsp3) is 0.137. The van der Waals surface area contributed by atoms with Gasteiger partial charge < -0.3 is 9.13 Å². The van der Waals surface area contributed by atoms with Crippen molar-refractivity contribution in [3.8, 4) is 33.6 Å². The van der Waals surface area contributed by atoms with E-state index in [1.54, 1.807) is 0 Å². The fourth-order valence-corrected chi connectivity index (χ4v) is 9.72. The highest BCUT2D eigenvalue weighted by Crippen LogP contribution is 2.49. The largest absolute Gasteiger partial charge is 0.310 e. The molecule has 0 bridgehead atoms. The summed E-state index contributed by atoms with van der Waals surface area (Å²) in [6.45, 7) is 4.72. The predicted molar refractivity (Wildman–Crippen MR) is 222 cm³/mol. The second kappa shape index (κ2) is 11.4. The molecule has 2 heteroatoms. The summed E-state index contributed by atoms with van der Waals surface area (Å²) in [6.07, 6.45) is 12.8. The van der Waals surface area contributed by atoms with Gasteiger partial charge in [-0.05, 0) is 112 Å². The van der Waals surface area contributed by atoms with Crippen LogP contribution in [0.25, 0.3) is 73.7 Å². The molecule has 0 saturated carbocycles. The Balaban J connectivity index is 1.02. The molecular weight excluding hydrogens is 641 g/mol. The minimum absolute atomic E-state index is 0.00409. The number of fused-ring (bicyclic) bond motifs is 9. The van der Waals surface area contributed by atoms with Gasteiger partial charge in [0.25, 0.3) is 0 Å². The normalized spacial score (nSPS) is 16.5. The molecule has 2 aromatic heterocycles. The molecular formula is C51H40N2. The Morgan fingerprint density at radius 3 is 2.23 bits per heavy atom. The van der Waals surface area contributed by atoms with E-state index in [1.165, 1.54) is 93.9 Å². The quantitative estimate of drug-likeness (QED) is 0.175. The Bertz CT molecular complexity index is 2930. The zero-order chi connectivity index (χ0) is 35.3. The van der Waals surface area contributed by atoms with Gasteiger partial charge in [0.15, 0.2) is 0 Å². The van der Waals surface area contributed by atoms with Crippen molar-refractivity contribution in [2.45, 2.75) is 44.4 Å². The minimum atomic E-state index is 0.00409. The number of hydrogen-bond donors (Lipinski definition) is 0. The van der Waals surface area contributed by atoms with E-state index in [4.69, 9.17) is 0 Å². The van der Waals surface area contributed by atoms with Crippen LogP contribution < -0.4 is 10.6 Å². The highest BCUT2D eigenvalue weighted by atomic mass is 15.0. The second-order valence-corrected chi connectivity index (χ2v) is 15.6. The molecule has 53 heavy (non-hydrogen) atoms. The van der Waals surface area contributed by atoms with Gasteiger partial charge in [-0.1, -0.05) is 129 Å². The molecule has 3 aliphatic rings. The van der Waals surface area contributed by atoms with E-state index in [9.17, 15) is 0 Å². The molecule has 0 radical (unpaired) electrons. The molecule has 11 rings (SSSR count). The van der Waals surface area contributed by atoms with E-state index in [0.717, 1.165) is 19.3 Å². The molecule has 0 fully saturated rings. The number of rotatable bonds is 4. The molecule has 0 saturated heterocycles. The number of aromatic nitrogens is 2. The number of para-hydroxylation sites is 1. The van der Waals surface area contributed by atoms with E-state index in [0.29, 0.717) is 5.92 Å². The Morgan fingerprint density at radius 2 is 1.34 bits per heavy atom. The number of allylic oxidation sites excluding steroid dienone is 1. The molecule has 0 amide bonds. The van der Waals surface area contributed by atoms with Gasteiger partial charge >= 0.3 is 0 Å². The van der Waals surface area contributed by atoms with Crippen molar-refractivity contribution in [3.05, 3.63) is 184 Å². The zero-order valence-electron chi connectivity index (χ0n) is 30.2. The predicted octanol–water partition coefficient (Wildman–Crippen LogP) is 11.3. The molecule has 2 heterocycles. The van der Waals surface area contributed by atoms with Crippen LogP contribution in [0.1, 0.15) is 60.6 Å². The molecule has 0 spiro atoms. The highest BCUT2D eigenvalue weighted by Gasteiger charge is 2.35. The first kappa shape index (κ1) is 30.5. The topological polar surface area (TPSA) is 9.86 Å². The molecule has 8 aromatic rings. The van der Waals surface area contributed by atoms with Crippen molar-refractivity contribution in [2.75, 3.05) is 0 Å². The first-order valence-corrected chi connectivity index (χ1v) is 19.1. The monoisotopic (exact) mass is 680 g/mol. The standard InChI is InChI=1S/C51H40N2/c1-51(2)45-17-9-6-14-39(45)42-32-38(26-27-46(42)51)53-48-19-11-8-16-41(48)44-31-36(23-29-50(44)53)35-22-28-49-43(30-35)40-15-7-10-18-47(40)52(49)37-24-20-34(21-25-37)33-12-4-3-5-13-33/h3-7,9-15,17-21,23-32,35H,8,16,22H2,1-2H3. The number of benzene rings is 6. The average Bonchev–Trinajstić information content (AvgIpc) is 3.81. The first-order chi connectivity index (χ1) is 26.0. The van der Waals surface area contributed by atoms with Crippen LogP contribution in [0.4, 0.5) is 0 Å². The van der Waals surface area contributed by atoms with E-state index < -0.39 is 0 Å². The summed E-state index contributed by atoms with van der Waals surface area (Å²) in [5, 5.41) is 5.34. The number of aryl methyl sites for hydroxylation is 1. The SMILES string of the molecule is CC1(C)c2ccccc2-c2cc(-n3c4c(c5cc(C6C=c7c(n(-c8ccc(-c9ccccc9)cc8)c8ccccc78)=CC6)ccc53)CCC=C4)ccc21. The van der Waals surface area contributed by atoms with Crippen molar-refractivity contribution in [2.24, 2.45) is 0 Å². The van der Waals surface area contributed by atoms with Gasteiger partial charge in [-0.2, -0.15) is 0 Å². The fourth-order valence-electron chi connectivity index (χ4n) is 9.72. The third kappa shape index (κ3) is 4.51. The summed E-state index contributed by atoms with van der Waals surface area (Å²) in [5.41, 5.74) is 17.2. The van der Waals surface area contributed by atoms with Crippen LogP contribution in [0, 0.1) is 0 Å². The van der Waals surface area contributed by atoms with Gasteiger partial charge in [-0.3, -0.25) is 0 Å². The molecule has 1 atom stereocenters. The molecule has 1 unspecified atom stereocenters. The maximum Gasteiger partial charge on any atom is 0.0540 e. The third-order valence-electron chi connectivity index (χ3n) is 12.3. The number of hydrogen-bond acceptors (Lipinski definition) is 0. The number of nitrogens with zero attached hydrogens (tertiary/aromatic N) is 2. The summed E-state index contributed by atoms with van der Waals surface area (Å²) in [5.74, 6) is 0.309. The summed E-state index contributed by atoms with van der Waals surface area (Å²) >= 11 is 0. The van der Waals surface area contributed by atoms with Crippen molar-refractivity contribution in [1.29, 1.82) is 0 Å².